The van der Waals surface area contributed by atoms with Gasteiger partial charge in [0.05, 0.1) is 18.1 Å². The van der Waals surface area contributed by atoms with E-state index >= 15 is 0 Å². The molecule has 1 N–H and O–H groups in total. The van der Waals surface area contributed by atoms with Crippen molar-refractivity contribution in [2.24, 2.45) is 9.98 Å². The van der Waals surface area contributed by atoms with Crippen LogP contribution in [-0.2, 0) is 0 Å². The summed E-state index contributed by atoms with van der Waals surface area (Å²) in [5.41, 5.74) is 1.90. The quantitative estimate of drug-likeness (QED) is 0.807. The molecule has 4 heterocycles. The molecule has 1 aromatic rings. The van der Waals surface area contributed by atoms with Gasteiger partial charge in [-0.2, -0.15) is 0 Å². The Labute approximate surface area is 116 Å². The van der Waals surface area contributed by atoms with Gasteiger partial charge in [-0.1, -0.05) is 0 Å². The Hall–Kier alpha value is -1.82. The van der Waals surface area contributed by atoms with Crippen molar-refractivity contribution < 1.29 is 0 Å². The van der Waals surface area contributed by atoms with Crippen molar-refractivity contribution in [3.05, 3.63) is 27.9 Å². The van der Waals surface area contributed by atoms with E-state index in [-0.39, 0.29) is 23.7 Å². The number of nitrogens with one attached hydrogen (secondary N) is 1. The molecule has 0 saturated carbocycles. The van der Waals surface area contributed by atoms with E-state index in [1.54, 1.807) is 6.21 Å². The number of rotatable bonds is 1. The van der Waals surface area contributed by atoms with Crippen molar-refractivity contribution in [1.29, 1.82) is 0 Å². The topological polar surface area (TPSA) is 71.6 Å². The van der Waals surface area contributed by atoms with E-state index in [0.29, 0.717) is 0 Å². The van der Waals surface area contributed by atoms with Crippen LogP contribution < -0.4 is 10.9 Å². The van der Waals surface area contributed by atoms with Gasteiger partial charge in [-0.15, -0.1) is 0 Å². The largest absolute Gasteiger partial charge is 0.317 e. The zero-order valence-electron chi connectivity index (χ0n) is 11.2. The highest BCUT2D eigenvalue weighted by Gasteiger charge is 2.34. The molecule has 2 unspecified atom stereocenters. The Kier molecular flexibility index (Phi) is 2.77. The lowest BCUT2D eigenvalue weighted by molar-refractivity contribution is 0.342. The number of aliphatic imine (C=N–C) groups is 2. The molecule has 0 aliphatic carbocycles. The third kappa shape index (κ3) is 1.75. The van der Waals surface area contributed by atoms with Crippen LogP contribution in [0.15, 0.2) is 21.0 Å². The number of hydrogen-bond acceptors (Lipinski definition) is 5. The molecule has 2 atom stereocenters. The Morgan fingerprint density at radius 1 is 1.25 bits per heavy atom. The predicted octanol–water partition coefficient (Wildman–Crippen LogP) is 0.484. The first-order valence-electron chi connectivity index (χ1n) is 7.21. The van der Waals surface area contributed by atoms with E-state index in [4.69, 9.17) is 0 Å². The summed E-state index contributed by atoms with van der Waals surface area (Å²) in [6, 6.07) is 0.272. The van der Waals surface area contributed by atoms with E-state index in [2.05, 4.69) is 20.3 Å². The van der Waals surface area contributed by atoms with Crippen molar-refractivity contribution in [2.45, 2.75) is 37.4 Å². The molecule has 1 fully saturated rings. The highest BCUT2D eigenvalue weighted by Crippen LogP contribution is 2.35. The fraction of sp³-hybridized carbons (Fsp3) is 0.571. The number of fused-ring (bicyclic) bond motifs is 3. The number of aromatic nitrogens is 2. The normalized spacial score (nSPS) is 28.4. The monoisotopic (exact) mass is 271 g/mol. The summed E-state index contributed by atoms with van der Waals surface area (Å²) in [5, 5.41) is 3.35. The predicted molar refractivity (Wildman–Crippen MR) is 76.9 cm³/mol. The van der Waals surface area contributed by atoms with Crippen LogP contribution in [0.2, 0.25) is 0 Å². The summed E-state index contributed by atoms with van der Waals surface area (Å²) < 4.78 is 1.97. The summed E-state index contributed by atoms with van der Waals surface area (Å²) >= 11 is 0. The van der Waals surface area contributed by atoms with Crippen LogP contribution in [0.25, 0.3) is 0 Å². The molecular formula is C14H17N5O. The standard InChI is InChI=1S/C14H17N5O/c20-12-8-17-11-7-18-14-10(3-6-16-14)13(11)19(12)9-1-4-15-5-2-9/h6-10,14-15H,1-5H2. The Bertz CT molecular complexity index is 641. The highest BCUT2D eigenvalue weighted by atomic mass is 16.1. The van der Waals surface area contributed by atoms with Crippen LogP contribution in [0.4, 0.5) is 0 Å². The summed E-state index contributed by atoms with van der Waals surface area (Å²) in [7, 11) is 0. The number of nitrogens with zero attached hydrogens (tertiary/aromatic N) is 4. The van der Waals surface area contributed by atoms with Gasteiger partial charge in [-0.25, -0.2) is 4.98 Å². The van der Waals surface area contributed by atoms with Crippen LogP contribution in [0.1, 0.15) is 42.6 Å². The maximum Gasteiger partial charge on any atom is 0.269 e. The van der Waals surface area contributed by atoms with Crippen molar-refractivity contribution in [3.63, 3.8) is 0 Å². The fourth-order valence-corrected chi connectivity index (χ4v) is 3.46. The Morgan fingerprint density at radius 2 is 2.10 bits per heavy atom. The summed E-state index contributed by atoms with van der Waals surface area (Å²) in [6.45, 7) is 1.93. The molecule has 0 bridgehead atoms. The zero-order chi connectivity index (χ0) is 13.5. The zero-order valence-corrected chi connectivity index (χ0v) is 11.2. The summed E-state index contributed by atoms with van der Waals surface area (Å²) in [6.07, 6.45) is 7.91. The minimum atomic E-state index is -0.0564. The molecule has 104 valence electrons. The van der Waals surface area contributed by atoms with Gasteiger partial charge in [0, 0.05) is 18.2 Å². The van der Waals surface area contributed by atoms with Gasteiger partial charge in [0.1, 0.15) is 11.9 Å². The van der Waals surface area contributed by atoms with Gasteiger partial charge in [0.25, 0.3) is 5.56 Å². The molecule has 0 radical (unpaired) electrons. The van der Waals surface area contributed by atoms with Gasteiger partial charge in [-0.3, -0.25) is 14.8 Å². The van der Waals surface area contributed by atoms with Crippen LogP contribution in [0, 0.1) is 0 Å². The SMILES string of the molecule is O=c1cnc2c(n1C1CCNCC1)C1CC=NC1N=C2. The Balaban J connectivity index is 1.86. The molecule has 3 aliphatic heterocycles. The molecule has 6 heteroatoms. The molecule has 1 saturated heterocycles. The third-order valence-electron chi connectivity index (χ3n) is 4.43. The van der Waals surface area contributed by atoms with Gasteiger partial charge < -0.3 is 9.88 Å². The molecule has 6 nitrogen and oxygen atoms in total. The first kappa shape index (κ1) is 12.0. The first-order chi connectivity index (χ1) is 9.84. The molecule has 20 heavy (non-hydrogen) atoms. The van der Waals surface area contributed by atoms with E-state index in [9.17, 15) is 4.79 Å². The van der Waals surface area contributed by atoms with Gasteiger partial charge in [0.2, 0.25) is 0 Å². The van der Waals surface area contributed by atoms with Crippen molar-refractivity contribution in [2.75, 3.05) is 13.1 Å². The van der Waals surface area contributed by atoms with Gasteiger partial charge in [0.15, 0.2) is 0 Å². The van der Waals surface area contributed by atoms with Crippen molar-refractivity contribution >= 4 is 12.4 Å². The van der Waals surface area contributed by atoms with Gasteiger partial charge in [-0.05, 0) is 32.4 Å². The van der Waals surface area contributed by atoms with Crippen LogP contribution in [0.3, 0.4) is 0 Å². The van der Waals surface area contributed by atoms with E-state index in [1.165, 1.54) is 6.20 Å². The minimum absolute atomic E-state index is 0.0107. The molecular weight excluding hydrogens is 254 g/mol. The Morgan fingerprint density at radius 3 is 2.95 bits per heavy atom. The molecule has 3 aliphatic rings. The van der Waals surface area contributed by atoms with Gasteiger partial charge >= 0.3 is 0 Å². The van der Waals surface area contributed by atoms with Crippen LogP contribution in [0.5, 0.6) is 0 Å². The lowest BCUT2D eigenvalue weighted by Crippen LogP contribution is -2.38. The number of piperidine rings is 1. The highest BCUT2D eigenvalue weighted by molar-refractivity contribution is 5.81. The maximum absolute atomic E-state index is 12.4. The summed E-state index contributed by atoms with van der Waals surface area (Å²) in [4.78, 5) is 25.5. The van der Waals surface area contributed by atoms with E-state index < -0.39 is 0 Å². The fourth-order valence-electron chi connectivity index (χ4n) is 3.46. The van der Waals surface area contributed by atoms with E-state index in [0.717, 1.165) is 43.7 Å². The lowest BCUT2D eigenvalue weighted by Gasteiger charge is -2.31. The van der Waals surface area contributed by atoms with E-state index in [1.807, 2.05) is 10.8 Å². The molecule has 1 aromatic heterocycles. The van der Waals surface area contributed by atoms with Crippen LogP contribution in [-0.4, -0.2) is 41.2 Å². The maximum atomic E-state index is 12.4. The number of hydrogen-bond donors (Lipinski definition) is 1. The first-order valence-corrected chi connectivity index (χ1v) is 7.21. The third-order valence-corrected chi connectivity index (χ3v) is 4.43. The minimum Gasteiger partial charge on any atom is -0.317 e. The molecule has 0 spiro atoms. The summed E-state index contributed by atoms with van der Waals surface area (Å²) in [5.74, 6) is 0.186. The second-order valence-corrected chi connectivity index (χ2v) is 5.58. The molecule has 4 rings (SSSR count). The lowest BCUT2D eigenvalue weighted by atomic mass is 9.94. The second kappa shape index (κ2) is 4.63. The van der Waals surface area contributed by atoms with Crippen LogP contribution >= 0.6 is 0 Å². The molecule has 0 aromatic carbocycles. The average molecular weight is 271 g/mol. The second-order valence-electron chi connectivity index (χ2n) is 5.58. The average Bonchev–Trinajstić information content (AvgIpc) is 2.96. The smallest absolute Gasteiger partial charge is 0.269 e. The van der Waals surface area contributed by atoms with Crippen molar-refractivity contribution in [3.8, 4) is 0 Å². The molecule has 0 amide bonds. The van der Waals surface area contributed by atoms with Crippen molar-refractivity contribution in [1.82, 2.24) is 14.9 Å².